The molecule has 0 aromatic heterocycles. The van der Waals surface area contributed by atoms with Crippen molar-refractivity contribution in [2.75, 3.05) is 18.5 Å². The van der Waals surface area contributed by atoms with Gasteiger partial charge >= 0.3 is 5.97 Å². The molecule has 0 unspecified atom stereocenters. The first kappa shape index (κ1) is 23.8. The number of Topliss-reactive ketones (excluding diaryl/α,β-unsaturated/α-hetero) is 1. The Morgan fingerprint density at radius 3 is 2.12 bits per heavy atom. The van der Waals surface area contributed by atoms with Gasteiger partial charge in [0.25, 0.3) is 11.8 Å². The molecule has 8 nitrogen and oxygen atoms in total. The van der Waals surface area contributed by atoms with Crippen LogP contribution in [0.1, 0.15) is 64.2 Å². The van der Waals surface area contributed by atoms with E-state index in [0.717, 1.165) is 4.90 Å². The molecule has 0 saturated heterocycles. The van der Waals surface area contributed by atoms with Crippen LogP contribution in [0, 0.1) is 5.92 Å². The minimum atomic E-state index is -0.586. The summed E-state index contributed by atoms with van der Waals surface area (Å²) in [7, 11) is 0. The molecule has 0 fully saturated rings. The van der Waals surface area contributed by atoms with Gasteiger partial charge in [0.1, 0.15) is 0 Å². The SMILES string of the molecule is CC(C)CC(=O)Nc1ccc(C(=O)COC(=O)CCCN2C(=O)c3ccccc3C2=O)cc1. The molecule has 1 aliphatic heterocycles. The highest BCUT2D eigenvalue weighted by Crippen LogP contribution is 2.22. The Kier molecular flexibility index (Phi) is 7.71. The van der Waals surface area contributed by atoms with Crippen molar-refractivity contribution in [3.05, 3.63) is 65.2 Å². The lowest BCUT2D eigenvalue weighted by Crippen LogP contribution is -2.31. The maximum absolute atomic E-state index is 12.3. The number of anilines is 1. The largest absolute Gasteiger partial charge is 0.457 e. The van der Waals surface area contributed by atoms with Crippen LogP contribution in [0.4, 0.5) is 5.69 Å². The summed E-state index contributed by atoms with van der Waals surface area (Å²) >= 11 is 0. The van der Waals surface area contributed by atoms with E-state index < -0.39 is 12.6 Å². The number of carbonyl (C=O) groups is 5. The highest BCUT2D eigenvalue weighted by molar-refractivity contribution is 6.21. The van der Waals surface area contributed by atoms with Crippen molar-refractivity contribution in [1.82, 2.24) is 4.90 Å². The number of ketones is 1. The van der Waals surface area contributed by atoms with Gasteiger partial charge in [0.15, 0.2) is 12.4 Å². The molecule has 3 amide bonds. The number of hydrogen-bond donors (Lipinski definition) is 1. The first-order valence-corrected chi connectivity index (χ1v) is 10.8. The molecule has 0 atom stereocenters. The number of fused-ring (bicyclic) bond motifs is 1. The summed E-state index contributed by atoms with van der Waals surface area (Å²) in [6, 6.07) is 12.9. The van der Waals surface area contributed by atoms with E-state index >= 15 is 0 Å². The van der Waals surface area contributed by atoms with Gasteiger partial charge in [0.05, 0.1) is 11.1 Å². The molecule has 8 heteroatoms. The fourth-order valence-electron chi connectivity index (χ4n) is 3.45. The maximum atomic E-state index is 12.3. The zero-order valence-electron chi connectivity index (χ0n) is 18.6. The lowest BCUT2D eigenvalue weighted by Gasteiger charge is -2.13. The predicted molar refractivity (Wildman–Crippen MR) is 121 cm³/mol. The van der Waals surface area contributed by atoms with E-state index in [2.05, 4.69) is 5.32 Å². The van der Waals surface area contributed by atoms with Crippen molar-refractivity contribution in [3.63, 3.8) is 0 Å². The molecule has 0 aliphatic carbocycles. The van der Waals surface area contributed by atoms with Gasteiger partial charge in [-0.25, -0.2) is 0 Å². The minimum absolute atomic E-state index is 0.0263. The van der Waals surface area contributed by atoms with Crippen molar-refractivity contribution in [2.24, 2.45) is 5.92 Å². The maximum Gasteiger partial charge on any atom is 0.306 e. The highest BCUT2D eigenvalue weighted by atomic mass is 16.5. The third kappa shape index (κ3) is 6.12. The second kappa shape index (κ2) is 10.7. The number of benzene rings is 2. The van der Waals surface area contributed by atoms with E-state index in [1.807, 2.05) is 13.8 Å². The molecule has 33 heavy (non-hydrogen) atoms. The first-order valence-electron chi connectivity index (χ1n) is 10.8. The summed E-state index contributed by atoms with van der Waals surface area (Å²) in [5, 5.41) is 2.76. The van der Waals surface area contributed by atoms with Gasteiger partial charge in [-0.3, -0.25) is 28.9 Å². The molecule has 0 spiro atoms. The number of carbonyl (C=O) groups excluding carboxylic acids is 5. The third-order valence-electron chi connectivity index (χ3n) is 5.09. The van der Waals surface area contributed by atoms with Crippen molar-refractivity contribution in [1.29, 1.82) is 0 Å². The summed E-state index contributed by atoms with van der Waals surface area (Å²) in [6.07, 6.45) is 0.619. The lowest BCUT2D eigenvalue weighted by molar-refractivity contribution is -0.142. The Bertz CT molecular complexity index is 1040. The van der Waals surface area contributed by atoms with E-state index in [1.54, 1.807) is 48.5 Å². The number of ether oxygens (including phenoxy) is 1. The molecule has 0 radical (unpaired) electrons. The lowest BCUT2D eigenvalue weighted by atomic mass is 10.1. The number of imide groups is 1. The van der Waals surface area contributed by atoms with Crippen molar-refractivity contribution in [3.8, 4) is 0 Å². The smallest absolute Gasteiger partial charge is 0.306 e. The van der Waals surface area contributed by atoms with Gasteiger partial charge in [-0.1, -0.05) is 26.0 Å². The van der Waals surface area contributed by atoms with E-state index in [9.17, 15) is 24.0 Å². The third-order valence-corrected chi connectivity index (χ3v) is 5.09. The molecule has 2 aromatic rings. The number of rotatable bonds is 10. The Morgan fingerprint density at radius 1 is 0.939 bits per heavy atom. The van der Waals surface area contributed by atoms with E-state index in [0.29, 0.717) is 28.8 Å². The van der Waals surface area contributed by atoms with Crippen LogP contribution in [-0.2, 0) is 14.3 Å². The number of nitrogens with one attached hydrogen (secondary N) is 1. The number of esters is 1. The normalized spacial score (nSPS) is 12.6. The molecule has 0 bridgehead atoms. The van der Waals surface area contributed by atoms with Crippen molar-refractivity contribution < 1.29 is 28.7 Å². The van der Waals surface area contributed by atoms with Gasteiger partial charge in [0.2, 0.25) is 5.91 Å². The van der Waals surface area contributed by atoms with Gasteiger partial charge in [0, 0.05) is 30.6 Å². The standard InChI is InChI=1S/C25H26N2O6/c1-16(2)14-22(29)26-18-11-9-17(10-12-18)21(28)15-33-23(30)8-5-13-27-24(31)19-6-3-4-7-20(19)25(27)32/h3-4,6-7,9-12,16H,5,8,13-15H2,1-2H3,(H,26,29). The second-order valence-corrected chi connectivity index (χ2v) is 8.22. The Labute approximate surface area is 191 Å². The van der Waals surface area contributed by atoms with Crippen LogP contribution >= 0.6 is 0 Å². The Hall–Kier alpha value is -3.81. The summed E-state index contributed by atoms with van der Waals surface area (Å²) in [5.41, 5.74) is 1.67. The average molecular weight is 450 g/mol. The summed E-state index contributed by atoms with van der Waals surface area (Å²) in [6.45, 7) is 3.59. The van der Waals surface area contributed by atoms with Gasteiger partial charge < -0.3 is 10.1 Å². The van der Waals surface area contributed by atoms with E-state index in [1.165, 1.54) is 0 Å². The summed E-state index contributed by atoms with van der Waals surface area (Å²) in [5.74, 6) is -1.56. The van der Waals surface area contributed by atoms with Gasteiger partial charge in [-0.2, -0.15) is 0 Å². The molecule has 1 aliphatic rings. The fourth-order valence-corrected chi connectivity index (χ4v) is 3.45. The molecule has 2 aromatic carbocycles. The van der Waals surface area contributed by atoms with E-state index in [-0.39, 0.29) is 48.8 Å². The fraction of sp³-hybridized carbons (Fsp3) is 0.320. The van der Waals surface area contributed by atoms with Crippen LogP contribution in [0.15, 0.2) is 48.5 Å². The van der Waals surface area contributed by atoms with Gasteiger partial charge in [-0.05, 0) is 48.7 Å². The summed E-state index contributed by atoms with van der Waals surface area (Å²) < 4.78 is 5.03. The number of nitrogens with zero attached hydrogens (tertiary/aromatic N) is 1. The topological polar surface area (TPSA) is 110 Å². The van der Waals surface area contributed by atoms with Crippen LogP contribution in [0.2, 0.25) is 0 Å². The number of hydrogen-bond acceptors (Lipinski definition) is 6. The molecular weight excluding hydrogens is 424 g/mol. The van der Waals surface area contributed by atoms with E-state index in [4.69, 9.17) is 4.74 Å². The Balaban J connectivity index is 1.40. The van der Waals surface area contributed by atoms with Crippen LogP contribution in [0.25, 0.3) is 0 Å². The predicted octanol–water partition coefficient (Wildman–Crippen LogP) is 3.47. The van der Waals surface area contributed by atoms with Crippen LogP contribution in [0.5, 0.6) is 0 Å². The van der Waals surface area contributed by atoms with Crippen LogP contribution in [0.3, 0.4) is 0 Å². The zero-order valence-corrected chi connectivity index (χ0v) is 18.6. The van der Waals surface area contributed by atoms with Gasteiger partial charge in [-0.15, -0.1) is 0 Å². The quantitative estimate of drug-likeness (QED) is 0.337. The molecule has 1 N–H and O–H groups in total. The molecule has 0 saturated carbocycles. The van der Waals surface area contributed by atoms with Crippen LogP contribution in [-0.4, -0.2) is 47.5 Å². The average Bonchev–Trinajstić information content (AvgIpc) is 3.02. The zero-order chi connectivity index (χ0) is 24.0. The van der Waals surface area contributed by atoms with Crippen LogP contribution < -0.4 is 5.32 Å². The first-order chi connectivity index (χ1) is 15.8. The molecule has 1 heterocycles. The Morgan fingerprint density at radius 2 is 1.55 bits per heavy atom. The highest BCUT2D eigenvalue weighted by Gasteiger charge is 2.34. The monoisotopic (exact) mass is 450 g/mol. The minimum Gasteiger partial charge on any atom is -0.457 e. The molecule has 172 valence electrons. The van der Waals surface area contributed by atoms with Crippen molar-refractivity contribution >= 4 is 35.2 Å². The second-order valence-electron chi connectivity index (χ2n) is 8.22. The molecule has 3 rings (SSSR count). The van der Waals surface area contributed by atoms with Crippen molar-refractivity contribution in [2.45, 2.75) is 33.1 Å². The summed E-state index contributed by atoms with van der Waals surface area (Å²) in [4.78, 5) is 61.8. The number of amides is 3. The molecular formula is C25H26N2O6.